The van der Waals surface area contributed by atoms with E-state index in [1.165, 1.54) is 12.8 Å². The van der Waals surface area contributed by atoms with Gasteiger partial charge in [-0.05, 0) is 38.0 Å². The van der Waals surface area contributed by atoms with Crippen molar-refractivity contribution in [3.8, 4) is 0 Å². The number of hydrogen-bond acceptors (Lipinski definition) is 3. The van der Waals surface area contributed by atoms with Gasteiger partial charge < -0.3 is 15.4 Å². The maximum atomic E-state index is 12.6. The average Bonchev–Trinajstić information content (AvgIpc) is 2.45. The third kappa shape index (κ3) is 4.19. The number of ether oxygens (including phenoxy) is 1. The summed E-state index contributed by atoms with van der Waals surface area (Å²) in [5.74, 6) is 0.909. The second-order valence-electron chi connectivity index (χ2n) is 6.59. The summed E-state index contributed by atoms with van der Waals surface area (Å²) >= 11 is 0. The monoisotopic (exact) mass is 282 g/mol. The first-order valence-electron chi connectivity index (χ1n) is 8.30. The Kier molecular flexibility index (Phi) is 5.85. The van der Waals surface area contributed by atoms with Crippen molar-refractivity contribution in [1.82, 2.24) is 4.90 Å². The first-order valence-corrected chi connectivity index (χ1v) is 8.30. The first-order chi connectivity index (χ1) is 9.60. The lowest BCUT2D eigenvalue weighted by Crippen LogP contribution is -2.48. The summed E-state index contributed by atoms with van der Waals surface area (Å²) < 4.78 is 6.13. The Bertz CT molecular complexity index is 314. The molecule has 1 saturated heterocycles. The van der Waals surface area contributed by atoms with Crippen LogP contribution in [0.2, 0.25) is 0 Å². The van der Waals surface area contributed by atoms with E-state index in [2.05, 4.69) is 6.92 Å². The van der Waals surface area contributed by atoms with Crippen LogP contribution in [0.3, 0.4) is 0 Å². The highest BCUT2D eigenvalue weighted by Crippen LogP contribution is 2.27. The minimum absolute atomic E-state index is 0.178. The van der Waals surface area contributed by atoms with Gasteiger partial charge in [0, 0.05) is 19.1 Å². The number of likely N-dealkylation sites (tertiary alicyclic amines) is 1. The molecule has 2 aliphatic rings. The van der Waals surface area contributed by atoms with E-state index >= 15 is 0 Å². The third-order valence-electron chi connectivity index (χ3n) is 4.74. The van der Waals surface area contributed by atoms with E-state index in [1.807, 2.05) is 11.8 Å². The standard InChI is InChI=1S/C16H30N2O2/c1-3-15(20-14-6-4-5-12(2)11-14)16(19)18-9-7-13(17)8-10-18/h12-15H,3-11,17H2,1-2H3. The number of carbonyl (C=O) groups excluding carboxylic acids is 1. The molecule has 0 radical (unpaired) electrons. The van der Waals surface area contributed by atoms with Crippen molar-refractivity contribution in [1.29, 1.82) is 0 Å². The molecule has 116 valence electrons. The van der Waals surface area contributed by atoms with Crippen LogP contribution >= 0.6 is 0 Å². The summed E-state index contributed by atoms with van der Waals surface area (Å²) in [6.45, 7) is 5.91. The Hall–Kier alpha value is -0.610. The van der Waals surface area contributed by atoms with Gasteiger partial charge in [0.1, 0.15) is 6.10 Å². The number of amides is 1. The Morgan fingerprint density at radius 3 is 2.60 bits per heavy atom. The predicted molar refractivity (Wildman–Crippen MR) is 80.4 cm³/mol. The third-order valence-corrected chi connectivity index (χ3v) is 4.74. The Labute approximate surface area is 123 Å². The van der Waals surface area contributed by atoms with Crippen LogP contribution in [0.4, 0.5) is 0 Å². The minimum atomic E-state index is -0.250. The van der Waals surface area contributed by atoms with E-state index < -0.39 is 0 Å². The Morgan fingerprint density at radius 2 is 2.00 bits per heavy atom. The molecular weight excluding hydrogens is 252 g/mol. The van der Waals surface area contributed by atoms with Crippen molar-refractivity contribution >= 4 is 5.91 Å². The van der Waals surface area contributed by atoms with E-state index in [-0.39, 0.29) is 24.2 Å². The van der Waals surface area contributed by atoms with E-state index in [1.54, 1.807) is 0 Å². The topological polar surface area (TPSA) is 55.6 Å². The molecule has 2 N–H and O–H groups in total. The Balaban J connectivity index is 1.85. The molecule has 0 aromatic rings. The molecule has 3 unspecified atom stereocenters. The lowest BCUT2D eigenvalue weighted by molar-refractivity contribution is -0.150. The molecule has 2 rings (SSSR count). The molecule has 0 aromatic heterocycles. The fourth-order valence-electron chi connectivity index (χ4n) is 3.39. The van der Waals surface area contributed by atoms with Crippen molar-refractivity contribution in [3.05, 3.63) is 0 Å². The van der Waals surface area contributed by atoms with Gasteiger partial charge in [-0.1, -0.05) is 26.7 Å². The zero-order chi connectivity index (χ0) is 14.5. The van der Waals surface area contributed by atoms with E-state index in [4.69, 9.17) is 10.5 Å². The number of rotatable bonds is 4. The molecule has 4 nitrogen and oxygen atoms in total. The van der Waals surface area contributed by atoms with Gasteiger partial charge in [-0.25, -0.2) is 0 Å². The van der Waals surface area contributed by atoms with Crippen LogP contribution in [-0.4, -0.2) is 42.1 Å². The Morgan fingerprint density at radius 1 is 1.30 bits per heavy atom. The largest absolute Gasteiger partial charge is 0.365 e. The van der Waals surface area contributed by atoms with Crippen LogP contribution in [0.15, 0.2) is 0 Å². The number of hydrogen-bond donors (Lipinski definition) is 1. The molecule has 1 saturated carbocycles. The maximum absolute atomic E-state index is 12.6. The fraction of sp³-hybridized carbons (Fsp3) is 0.938. The van der Waals surface area contributed by atoms with Gasteiger partial charge in [0.05, 0.1) is 6.10 Å². The molecule has 1 heterocycles. The summed E-state index contributed by atoms with van der Waals surface area (Å²) in [4.78, 5) is 14.5. The highest BCUT2D eigenvalue weighted by molar-refractivity contribution is 5.81. The van der Waals surface area contributed by atoms with E-state index in [9.17, 15) is 4.79 Å². The molecule has 4 heteroatoms. The summed E-state index contributed by atoms with van der Waals surface area (Å²) in [5.41, 5.74) is 5.90. The lowest BCUT2D eigenvalue weighted by Gasteiger charge is -2.35. The zero-order valence-corrected chi connectivity index (χ0v) is 13.0. The van der Waals surface area contributed by atoms with Crippen LogP contribution < -0.4 is 5.73 Å². The number of nitrogens with two attached hydrogens (primary N) is 1. The van der Waals surface area contributed by atoms with Gasteiger partial charge in [0.2, 0.25) is 0 Å². The summed E-state index contributed by atoms with van der Waals surface area (Å²) in [6, 6.07) is 0.263. The van der Waals surface area contributed by atoms with Crippen molar-refractivity contribution in [2.24, 2.45) is 11.7 Å². The summed E-state index contributed by atoms with van der Waals surface area (Å²) in [6.07, 6.45) is 7.38. The van der Waals surface area contributed by atoms with Crippen molar-refractivity contribution in [2.75, 3.05) is 13.1 Å². The van der Waals surface area contributed by atoms with Crippen LogP contribution in [0, 0.1) is 5.92 Å². The first kappa shape index (κ1) is 15.8. The second kappa shape index (κ2) is 7.41. The van der Waals surface area contributed by atoms with Crippen molar-refractivity contribution < 1.29 is 9.53 Å². The highest BCUT2D eigenvalue weighted by Gasteiger charge is 2.30. The highest BCUT2D eigenvalue weighted by atomic mass is 16.5. The fourth-order valence-corrected chi connectivity index (χ4v) is 3.39. The van der Waals surface area contributed by atoms with Crippen LogP contribution in [0.25, 0.3) is 0 Å². The van der Waals surface area contributed by atoms with Crippen molar-refractivity contribution in [2.45, 2.75) is 77.0 Å². The van der Waals surface area contributed by atoms with E-state index in [0.717, 1.165) is 51.1 Å². The molecule has 2 fully saturated rings. The lowest BCUT2D eigenvalue weighted by atomic mass is 9.88. The average molecular weight is 282 g/mol. The van der Waals surface area contributed by atoms with Crippen LogP contribution in [-0.2, 0) is 9.53 Å². The molecule has 20 heavy (non-hydrogen) atoms. The normalized spacial score (nSPS) is 30.2. The van der Waals surface area contributed by atoms with Crippen LogP contribution in [0.1, 0.15) is 58.8 Å². The van der Waals surface area contributed by atoms with Gasteiger partial charge in [0.15, 0.2) is 0 Å². The quantitative estimate of drug-likeness (QED) is 0.861. The van der Waals surface area contributed by atoms with Gasteiger partial charge in [0.25, 0.3) is 5.91 Å². The predicted octanol–water partition coefficient (Wildman–Crippen LogP) is 2.31. The minimum Gasteiger partial charge on any atom is -0.365 e. The maximum Gasteiger partial charge on any atom is 0.251 e. The molecule has 3 atom stereocenters. The van der Waals surface area contributed by atoms with Gasteiger partial charge in [-0.2, -0.15) is 0 Å². The molecule has 1 amide bonds. The van der Waals surface area contributed by atoms with Crippen LogP contribution in [0.5, 0.6) is 0 Å². The smallest absolute Gasteiger partial charge is 0.251 e. The number of nitrogens with zero attached hydrogens (tertiary/aromatic N) is 1. The van der Waals surface area contributed by atoms with Crippen molar-refractivity contribution in [3.63, 3.8) is 0 Å². The number of carbonyl (C=O) groups is 1. The molecule has 1 aliphatic heterocycles. The van der Waals surface area contributed by atoms with E-state index in [0.29, 0.717) is 0 Å². The van der Waals surface area contributed by atoms with Gasteiger partial charge in [-0.3, -0.25) is 4.79 Å². The molecule has 0 aromatic carbocycles. The second-order valence-corrected chi connectivity index (χ2v) is 6.59. The summed E-state index contributed by atoms with van der Waals surface area (Å²) in [7, 11) is 0. The number of piperidine rings is 1. The molecule has 0 bridgehead atoms. The molecular formula is C16H30N2O2. The van der Waals surface area contributed by atoms with Gasteiger partial charge >= 0.3 is 0 Å². The van der Waals surface area contributed by atoms with Gasteiger partial charge in [-0.15, -0.1) is 0 Å². The summed E-state index contributed by atoms with van der Waals surface area (Å²) in [5, 5.41) is 0. The SMILES string of the molecule is CCC(OC1CCCC(C)C1)C(=O)N1CCC(N)CC1. The zero-order valence-electron chi connectivity index (χ0n) is 13.0. The molecule has 1 aliphatic carbocycles. The molecule has 0 spiro atoms.